The van der Waals surface area contributed by atoms with E-state index in [0.717, 1.165) is 0 Å². The minimum absolute atomic E-state index is 0.00918. The Morgan fingerprint density at radius 1 is 0.871 bits per heavy atom. The number of rotatable bonds is 4. The molecule has 0 spiro atoms. The maximum absolute atomic E-state index is 12.9. The summed E-state index contributed by atoms with van der Waals surface area (Å²) >= 11 is 0. The number of hydrogen-bond donors (Lipinski definition) is 0. The van der Waals surface area contributed by atoms with Crippen molar-refractivity contribution in [1.82, 2.24) is 14.7 Å². The van der Waals surface area contributed by atoms with Crippen molar-refractivity contribution in [2.24, 2.45) is 5.92 Å². The molecule has 0 aromatic heterocycles. The summed E-state index contributed by atoms with van der Waals surface area (Å²) in [5, 5.41) is 0. The lowest BCUT2D eigenvalue weighted by Gasteiger charge is -2.38. The van der Waals surface area contributed by atoms with E-state index in [1.807, 2.05) is 56.0 Å². The Hall–Kier alpha value is -2.77. The molecule has 31 heavy (non-hydrogen) atoms. The molecule has 2 aliphatic rings. The number of ether oxygens (including phenoxy) is 2. The molecule has 1 aromatic rings. The van der Waals surface area contributed by atoms with Gasteiger partial charge in [0.15, 0.2) is 6.61 Å². The fourth-order valence-electron chi connectivity index (χ4n) is 3.82. The van der Waals surface area contributed by atoms with Crippen LogP contribution in [0.2, 0.25) is 0 Å². The SMILES string of the molecule is CC(C)(C)OC(=O)N1CCN(C(=O)C2CCN(C(=O)COc3ccccc3)CC2)CC1. The maximum atomic E-state index is 12.9. The van der Waals surface area contributed by atoms with Gasteiger partial charge in [0.2, 0.25) is 5.91 Å². The average Bonchev–Trinajstić information content (AvgIpc) is 2.77. The van der Waals surface area contributed by atoms with Crippen LogP contribution in [0.15, 0.2) is 30.3 Å². The number of benzene rings is 1. The molecule has 0 radical (unpaired) electrons. The number of hydrogen-bond acceptors (Lipinski definition) is 5. The van der Waals surface area contributed by atoms with Gasteiger partial charge in [-0.05, 0) is 45.7 Å². The highest BCUT2D eigenvalue weighted by Crippen LogP contribution is 2.21. The van der Waals surface area contributed by atoms with Crippen LogP contribution in [0, 0.1) is 5.92 Å². The summed E-state index contributed by atoms with van der Waals surface area (Å²) < 4.78 is 10.9. The van der Waals surface area contributed by atoms with E-state index in [2.05, 4.69) is 0 Å². The van der Waals surface area contributed by atoms with E-state index in [1.54, 1.807) is 9.80 Å². The van der Waals surface area contributed by atoms with E-state index in [0.29, 0.717) is 57.9 Å². The number of carbonyl (C=O) groups excluding carboxylic acids is 3. The third kappa shape index (κ3) is 6.60. The van der Waals surface area contributed by atoms with Crippen LogP contribution in [0.25, 0.3) is 0 Å². The lowest BCUT2D eigenvalue weighted by Crippen LogP contribution is -2.54. The molecule has 8 heteroatoms. The molecule has 2 fully saturated rings. The van der Waals surface area contributed by atoms with Crippen LogP contribution >= 0.6 is 0 Å². The molecule has 3 rings (SSSR count). The van der Waals surface area contributed by atoms with Crippen LogP contribution < -0.4 is 4.74 Å². The van der Waals surface area contributed by atoms with Crippen LogP contribution in [-0.2, 0) is 14.3 Å². The van der Waals surface area contributed by atoms with Crippen molar-refractivity contribution in [3.8, 4) is 5.75 Å². The van der Waals surface area contributed by atoms with Crippen molar-refractivity contribution in [2.45, 2.75) is 39.2 Å². The number of piperazine rings is 1. The van der Waals surface area contributed by atoms with Gasteiger partial charge in [-0.1, -0.05) is 18.2 Å². The third-order valence-electron chi connectivity index (χ3n) is 5.55. The second-order valence-corrected chi connectivity index (χ2v) is 9.05. The van der Waals surface area contributed by atoms with E-state index in [-0.39, 0.29) is 30.4 Å². The number of carbonyl (C=O) groups is 3. The summed E-state index contributed by atoms with van der Waals surface area (Å²) in [6.07, 6.45) is 0.980. The summed E-state index contributed by atoms with van der Waals surface area (Å²) in [5.74, 6) is 0.663. The van der Waals surface area contributed by atoms with E-state index in [1.165, 1.54) is 0 Å². The molecule has 8 nitrogen and oxygen atoms in total. The standard InChI is InChI=1S/C23H33N3O5/c1-23(2,3)31-22(29)26-15-13-25(14-16-26)21(28)18-9-11-24(12-10-18)20(27)17-30-19-7-5-4-6-8-19/h4-8,18H,9-17H2,1-3H3. The van der Waals surface area contributed by atoms with Crippen molar-refractivity contribution in [3.63, 3.8) is 0 Å². The lowest BCUT2D eigenvalue weighted by atomic mass is 9.95. The van der Waals surface area contributed by atoms with Crippen molar-refractivity contribution in [3.05, 3.63) is 30.3 Å². The quantitative estimate of drug-likeness (QED) is 0.731. The van der Waals surface area contributed by atoms with E-state index in [4.69, 9.17) is 9.47 Å². The number of piperidine rings is 1. The highest BCUT2D eigenvalue weighted by Gasteiger charge is 2.33. The van der Waals surface area contributed by atoms with Gasteiger partial charge in [0, 0.05) is 45.2 Å². The molecule has 0 atom stereocenters. The van der Waals surface area contributed by atoms with Crippen molar-refractivity contribution in [1.29, 1.82) is 0 Å². The van der Waals surface area contributed by atoms with Crippen molar-refractivity contribution >= 4 is 17.9 Å². The van der Waals surface area contributed by atoms with Crippen LogP contribution in [-0.4, -0.2) is 84.1 Å². The molecule has 2 heterocycles. The highest BCUT2D eigenvalue weighted by atomic mass is 16.6. The molecule has 2 aliphatic heterocycles. The van der Waals surface area contributed by atoms with Gasteiger partial charge >= 0.3 is 6.09 Å². The average molecular weight is 432 g/mol. The van der Waals surface area contributed by atoms with Crippen LogP contribution in [0.5, 0.6) is 5.75 Å². The fourth-order valence-corrected chi connectivity index (χ4v) is 3.82. The van der Waals surface area contributed by atoms with Crippen LogP contribution in [0.4, 0.5) is 4.79 Å². The van der Waals surface area contributed by atoms with E-state index < -0.39 is 5.60 Å². The van der Waals surface area contributed by atoms with Gasteiger partial charge in [-0.2, -0.15) is 0 Å². The van der Waals surface area contributed by atoms with Crippen LogP contribution in [0.3, 0.4) is 0 Å². The Kier molecular flexibility index (Phi) is 7.41. The lowest BCUT2D eigenvalue weighted by molar-refractivity contribution is -0.142. The fraction of sp³-hybridized carbons (Fsp3) is 0.609. The molecular formula is C23H33N3O5. The monoisotopic (exact) mass is 431 g/mol. The van der Waals surface area contributed by atoms with Gasteiger partial charge in [0.25, 0.3) is 5.91 Å². The first-order valence-corrected chi connectivity index (χ1v) is 11.0. The molecule has 0 unspecified atom stereocenters. The zero-order chi connectivity index (χ0) is 22.4. The molecule has 0 N–H and O–H groups in total. The van der Waals surface area contributed by atoms with Gasteiger partial charge in [-0.3, -0.25) is 9.59 Å². The van der Waals surface area contributed by atoms with Crippen LogP contribution in [0.1, 0.15) is 33.6 Å². The summed E-state index contributed by atoms with van der Waals surface area (Å²) in [6.45, 7) is 8.65. The van der Waals surface area contributed by atoms with Gasteiger partial charge < -0.3 is 24.2 Å². The Balaban J connectivity index is 1.39. The second-order valence-electron chi connectivity index (χ2n) is 9.05. The molecule has 0 bridgehead atoms. The minimum Gasteiger partial charge on any atom is -0.484 e. The molecule has 170 valence electrons. The first-order chi connectivity index (χ1) is 14.7. The van der Waals surface area contributed by atoms with E-state index in [9.17, 15) is 14.4 Å². The summed E-state index contributed by atoms with van der Waals surface area (Å²) in [6, 6.07) is 9.27. The molecule has 3 amide bonds. The summed E-state index contributed by atoms with van der Waals surface area (Å²) in [4.78, 5) is 42.8. The summed E-state index contributed by atoms with van der Waals surface area (Å²) in [5.41, 5.74) is -0.526. The largest absolute Gasteiger partial charge is 0.484 e. The Bertz CT molecular complexity index is 761. The Morgan fingerprint density at radius 3 is 2.03 bits per heavy atom. The second kappa shape index (κ2) is 10.0. The minimum atomic E-state index is -0.526. The molecular weight excluding hydrogens is 398 g/mol. The topological polar surface area (TPSA) is 79.4 Å². The van der Waals surface area contributed by atoms with Gasteiger partial charge in [-0.25, -0.2) is 4.79 Å². The molecule has 2 saturated heterocycles. The zero-order valence-electron chi connectivity index (χ0n) is 18.7. The molecule has 1 aromatic carbocycles. The predicted molar refractivity (Wildman–Crippen MR) is 116 cm³/mol. The molecule has 0 aliphatic carbocycles. The highest BCUT2D eigenvalue weighted by molar-refractivity contribution is 5.81. The van der Waals surface area contributed by atoms with Crippen molar-refractivity contribution < 1.29 is 23.9 Å². The van der Waals surface area contributed by atoms with Crippen molar-refractivity contribution in [2.75, 3.05) is 45.9 Å². The molecule has 0 saturated carbocycles. The summed E-state index contributed by atoms with van der Waals surface area (Å²) in [7, 11) is 0. The smallest absolute Gasteiger partial charge is 0.410 e. The number of amides is 3. The van der Waals surface area contributed by atoms with Gasteiger partial charge in [-0.15, -0.1) is 0 Å². The first-order valence-electron chi connectivity index (χ1n) is 11.0. The van der Waals surface area contributed by atoms with E-state index >= 15 is 0 Å². The van der Waals surface area contributed by atoms with Gasteiger partial charge in [0.1, 0.15) is 11.4 Å². The number of para-hydroxylation sites is 1. The Labute approximate surface area is 184 Å². The normalized spacial score (nSPS) is 18.0. The number of nitrogens with zero attached hydrogens (tertiary/aromatic N) is 3. The Morgan fingerprint density at radius 2 is 1.45 bits per heavy atom. The predicted octanol–water partition coefficient (Wildman–Crippen LogP) is 2.38. The first kappa shape index (κ1) is 22.9. The number of likely N-dealkylation sites (tertiary alicyclic amines) is 1. The zero-order valence-corrected chi connectivity index (χ0v) is 18.7. The third-order valence-corrected chi connectivity index (χ3v) is 5.55. The maximum Gasteiger partial charge on any atom is 0.410 e. The van der Waals surface area contributed by atoms with Gasteiger partial charge in [0.05, 0.1) is 0 Å².